The zero-order valence-electron chi connectivity index (χ0n) is 8.72. The SMILES string of the molecule is CN(O)C1(C)CCCCC1(C)C. The predicted octanol–water partition coefficient (Wildman–Crippen LogP) is 2.67. The Balaban J connectivity index is 2.84. The molecule has 0 aromatic rings. The van der Waals surface area contributed by atoms with Gasteiger partial charge in [0.25, 0.3) is 0 Å². The van der Waals surface area contributed by atoms with Crippen molar-refractivity contribution >= 4 is 0 Å². The number of nitrogens with zero attached hydrogens (tertiary/aromatic N) is 1. The predicted molar refractivity (Wildman–Crippen MR) is 50.2 cm³/mol. The Morgan fingerprint density at radius 3 is 1.92 bits per heavy atom. The molecule has 2 nitrogen and oxygen atoms in total. The lowest BCUT2D eigenvalue weighted by molar-refractivity contribution is -0.198. The van der Waals surface area contributed by atoms with Crippen molar-refractivity contribution in [3.05, 3.63) is 0 Å². The molecule has 0 bridgehead atoms. The molecule has 1 unspecified atom stereocenters. The van der Waals surface area contributed by atoms with E-state index in [1.165, 1.54) is 24.3 Å². The Kier molecular flexibility index (Phi) is 2.50. The van der Waals surface area contributed by atoms with Crippen LogP contribution in [0.15, 0.2) is 0 Å². The van der Waals surface area contributed by atoms with E-state index in [0.29, 0.717) is 0 Å². The molecule has 1 aliphatic rings. The molecule has 0 aromatic carbocycles. The zero-order chi connectivity index (χ0) is 9.41. The highest BCUT2D eigenvalue weighted by Gasteiger charge is 2.45. The van der Waals surface area contributed by atoms with E-state index in [1.807, 2.05) is 0 Å². The summed E-state index contributed by atoms with van der Waals surface area (Å²) < 4.78 is 0. The van der Waals surface area contributed by atoms with E-state index >= 15 is 0 Å². The third-order valence-electron chi connectivity index (χ3n) is 3.89. The first-order chi connectivity index (χ1) is 5.40. The number of hydroxylamine groups is 2. The maximum Gasteiger partial charge on any atom is 0.0480 e. The summed E-state index contributed by atoms with van der Waals surface area (Å²) in [6.45, 7) is 6.66. The zero-order valence-corrected chi connectivity index (χ0v) is 8.72. The molecule has 0 spiro atoms. The molecule has 2 heteroatoms. The molecule has 1 aliphatic carbocycles. The molecule has 12 heavy (non-hydrogen) atoms. The van der Waals surface area contributed by atoms with Crippen LogP contribution in [0.2, 0.25) is 0 Å². The summed E-state index contributed by atoms with van der Waals surface area (Å²) in [5.74, 6) is 0. The van der Waals surface area contributed by atoms with Crippen LogP contribution in [0.1, 0.15) is 46.5 Å². The first-order valence-corrected chi connectivity index (χ1v) is 4.83. The summed E-state index contributed by atoms with van der Waals surface area (Å²) >= 11 is 0. The number of rotatable bonds is 1. The Morgan fingerprint density at radius 1 is 1.08 bits per heavy atom. The van der Waals surface area contributed by atoms with Gasteiger partial charge in [0.05, 0.1) is 0 Å². The third kappa shape index (κ3) is 1.38. The molecule has 0 radical (unpaired) electrons. The minimum absolute atomic E-state index is 0.0365. The monoisotopic (exact) mass is 171 g/mol. The first kappa shape index (κ1) is 10.0. The van der Waals surface area contributed by atoms with Gasteiger partial charge < -0.3 is 5.21 Å². The van der Waals surface area contributed by atoms with Gasteiger partial charge in [0.2, 0.25) is 0 Å². The van der Waals surface area contributed by atoms with Crippen molar-refractivity contribution in [2.75, 3.05) is 7.05 Å². The largest absolute Gasteiger partial charge is 0.314 e. The van der Waals surface area contributed by atoms with Gasteiger partial charge in [0.1, 0.15) is 0 Å². The van der Waals surface area contributed by atoms with Crippen molar-refractivity contribution in [3.8, 4) is 0 Å². The van der Waals surface area contributed by atoms with Crippen molar-refractivity contribution in [3.63, 3.8) is 0 Å². The minimum atomic E-state index is -0.0365. The van der Waals surface area contributed by atoms with Gasteiger partial charge in [-0.2, -0.15) is 5.06 Å². The van der Waals surface area contributed by atoms with E-state index in [1.54, 1.807) is 7.05 Å². The van der Waals surface area contributed by atoms with Crippen LogP contribution in [0.4, 0.5) is 0 Å². The highest BCUT2D eigenvalue weighted by Crippen LogP contribution is 2.45. The fourth-order valence-corrected chi connectivity index (χ4v) is 2.24. The Bertz CT molecular complexity index is 165. The first-order valence-electron chi connectivity index (χ1n) is 4.83. The van der Waals surface area contributed by atoms with Crippen LogP contribution in [0, 0.1) is 5.41 Å². The second-order valence-electron chi connectivity index (χ2n) is 4.89. The molecule has 1 N–H and O–H groups in total. The highest BCUT2D eigenvalue weighted by molar-refractivity contribution is 4.97. The van der Waals surface area contributed by atoms with E-state index < -0.39 is 0 Å². The van der Waals surface area contributed by atoms with E-state index in [9.17, 15) is 5.21 Å². The molecule has 1 saturated carbocycles. The van der Waals surface area contributed by atoms with Crippen molar-refractivity contribution in [1.29, 1.82) is 0 Å². The van der Waals surface area contributed by atoms with Gasteiger partial charge in [0.15, 0.2) is 0 Å². The van der Waals surface area contributed by atoms with Crippen LogP contribution in [0.5, 0.6) is 0 Å². The summed E-state index contributed by atoms with van der Waals surface area (Å²) in [5.41, 5.74) is 0.194. The van der Waals surface area contributed by atoms with Gasteiger partial charge in [-0.05, 0) is 25.2 Å². The van der Waals surface area contributed by atoms with Crippen molar-refractivity contribution < 1.29 is 5.21 Å². The molecule has 1 atom stereocenters. The fraction of sp³-hybridized carbons (Fsp3) is 1.00. The molecular weight excluding hydrogens is 150 g/mol. The Morgan fingerprint density at radius 2 is 1.58 bits per heavy atom. The average Bonchev–Trinajstić information content (AvgIpc) is 1.95. The number of hydrogen-bond acceptors (Lipinski definition) is 2. The summed E-state index contributed by atoms with van der Waals surface area (Å²) in [4.78, 5) is 0. The summed E-state index contributed by atoms with van der Waals surface area (Å²) in [6.07, 6.45) is 4.86. The standard InChI is InChI=1S/C10H21NO/c1-9(2)7-5-6-8-10(9,3)11(4)12/h12H,5-8H2,1-4H3. The maximum absolute atomic E-state index is 9.61. The second-order valence-corrected chi connectivity index (χ2v) is 4.89. The quantitative estimate of drug-likeness (QED) is 0.613. The maximum atomic E-state index is 9.61. The molecule has 0 saturated heterocycles. The van der Waals surface area contributed by atoms with Gasteiger partial charge in [-0.25, -0.2) is 0 Å². The lowest BCUT2D eigenvalue weighted by Gasteiger charge is -2.50. The lowest BCUT2D eigenvalue weighted by Crippen LogP contribution is -2.54. The van der Waals surface area contributed by atoms with E-state index in [0.717, 1.165) is 6.42 Å². The van der Waals surface area contributed by atoms with Gasteiger partial charge in [-0.3, -0.25) is 0 Å². The van der Waals surface area contributed by atoms with Gasteiger partial charge in [-0.1, -0.05) is 26.7 Å². The van der Waals surface area contributed by atoms with Crippen LogP contribution in [0.3, 0.4) is 0 Å². The van der Waals surface area contributed by atoms with Crippen molar-refractivity contribution in [2.24, 2.45) is 5.41 Å². The van der Waals surface area contributed by atoms with Gasteiger partial charge >= 0.3 is 0 Å². The van der Waals surface area contributed by atoms with Crippen LogP contribution < -0.4 is 0 Å². The van der Waals surface area contributed by atoms with Crippen LogP contribution >= 0.6 is 0 Å². The fourth-order valence-electron chi connectivity index (χ4n) is 2.24. The van der Waals surface area contributed by atoms with E-state index in [4.69, 9.17) is 0 Å². The summed E-state index contributed by atoms with van der Waals surface area (Å²) in [6, 6.07) is 0. The molecular formula is C10H21NO. The molecule has 0 heterocycles. The Labute approximate surface area is 75.5 Å². The van der Waals surface area contributed by atoms with Crippen LogP contribution in [-0.4, -0.2) is 22.9 Å². The Hall–Kier alpha value is -0.0800. The minimum Gasteiger partial charge on any atom is -0.314 e. The van der Waals surface area contributed by atoms with Crippen molar-refractivity contribution in [1.82, 2.24) is 5.06 Å². The smallest absolute Gasteiger partial charge is 0.0480 e. The number of hydrogen-bond donors (Lipinski definition) is 1. The second kappa shape index (κ2) is 3.00. The van der Waals surface area contributed by atoms with Gasteiger partial charge in [0, 0.05) is 12.6 Å². The summed E-state index contributed by atoms with van der Waals surface area (Å²) in [5, 5.41) is 11.0. The molecule has 72 valence electrons. The molecule has 0 aromatic heterocycles. The van der Waals surface area contributed by atoms with Gasteiger partial charge in [-0.15, -0.1) is 0 Å². The average molecular weight is 171 g/mol. The molecule has 1 rings (SSSR count). The third-order valence-corrected chi connectivity index (χ3v) is 3.89. The topological polar surface area (TPSA) is 23.5 Å². The van der Waals surface area contributed by atoms with E-state index in [-0.39, 0.29) is 11.0 Å². The molecule has 0 aliphatic heterocycles. The lowest BCUT2D eigenvalue weighted by atomic mass is 9.64. The highest BCUT2D eigenvalue weighted by atomic mass is 16.5. The van der Waals surface area contributed by atoms with Crippen LogP contribution in [0.25, 0.3) is 0 Å². The summed E-state index contributed by atoms with van der Waals surface area (Å²) in [7, 11) is 1.77. The molecule has 1 fully saturated rings. The van der Waals surface area contributed by atoms with Crippen LogP contribution in [-0.2, 0) is 0 Å². The van der Waals surface area contributed by atoms with Crippen molar-refractivity contribution in [2.45, 2.75) is 52.0 Å². The molecule has 0 amide bonds. The van der Waals surface area contributed by atoms with E-state index in [2.05, 4.69) is 20.8 Å². The normalized spacial score (nSPS) is 35.5.